The first-order valence-corrected chi connectivity index (χ1v) is 8.02. The molecule has 0 saturated carbocycles. The van der Waals surface area contributed by atoms with E-state index in [0.717, 1.165) is 38.1 Å². The van der Waals surface area contributed by atoms with Crippen LogP contribution < -0.4 is 0 Å². The van der Waals surface area contributed by atoms with Crippen LogP contribution in [0.1, 0.15) is 48.9 Å². The second kappa shape index (κ2) is 6.10. The Morgan fingerprint density at radius 2 is 2.18 bits per heavy atom. The SMILES string of the molecule is COC(=O)CC1CCCN1C(=O)c1cn2c(n1)CC(C)CC2. The van der Waals surface area contributed by atoms with Crippen molar-refractivity contribution in [2.24, 2.45) is 5.92 Å². The van der Waals surface area contributed by atoms with Crippen molar-refractivity contribution in [2.45, 2.75) is 51.6 Å². The van der Waals surface area contributed by atoms with Crippen molar-refractivity contribution in [3.63, 3.8) is 0 Å². The van der Waals surface area contributed by atoms with Gasteiger partial charge in [0.25, 0.3) is 5.91 Å². The number of carbonyl (C=O) groups excluding carboxylic acids is 2. The van der Waals surface area contributed by atoms with E-state index in [1.54, 1.807) is 4.90 Å². The normalized spacial score (nSPS) is 24.2. The molecular formula is C16H23N3O3. The van der Waals surface area contributed by atoms with Crippen LogP contribution in [0.4, 0.5) is 0 Å². The Labute approximate surface area is 130 Å². The summed E-state index contributed by atoms with van der Waals surface area (Å²) in [4.78, 5) is 30.5. The number of ether oxygens (including phenoxy) is 1. The Morgan fingerprint density at radius 1 is 1.36 bits per heavy atom. The molecule has 2 atom stereocenters. The number of esters is 1. The van der Waals surface area contributed by atoms with Crippen LogP contribution in [0.2, 0.25) is 0 Å². The van der Waals surface area contributed by atoms with E-state index < -0.39 is 0 Å². The molecule has 0 aliphatic carbocycles. The summed E-state index contributed by atoms with van der Waals surface area (Å²) in [5.74, 6) is 1.31. The number of imidazole rings is 1. The lowest BCUT2D eigenvalue weighted by Gasteiger charge is -2.22. The molecule has 2 unspecified atom stereocenters. The number of fused-ring (bicyclic) bond motifs is 1. The molecule has 1 fully saturated rings. The van der Waals surface area contributed by atoms with E-state index >= 15 is 0 Å². The number of rotatable bonds is 3. The summed E-state index contributed by atoms with van der Waals surface area (Å²) in [6.45, 7) is 3.84. The molecule has 0 N–H and O–H groups in total. The van der Waals surface area contributed by atoms with Crippen LogP contribution in [-0.4, -0.2) is 46.0 Å². The van der Waals surface area contributed by atoms with Gasteiger partial charge in [0.15, 0.2) is 0 Å². The van der Waals surface area contributed by atoms with Crippen molar-refractivity contribution in [2.75, 3.05) is 13.7 Å². The van der Waals surface area contributed by atoms with Crippen LogP contribution in [0.15, 0.2) is 6.20 Å². The lowest BCUT2D eigenvalue weighted by molar-refractivity contribution is -0.141. The van der Waals surface area contributed by atoms with E-state index in [2.05, 4.69) is 16.5 Å². The maximum absolute atomic E-state index is 12.7. The topological polar surface area (TPSA) is 64.4 Å². The second-order valence-electron chi connectivity index (χ2n) is 6.41. The molecule has 1 aromatic rings. The van der Waals surface area contributed by atoms with Crippen LogP contribution in [0.25, 0.3) is 0 Å². The van der Waals surface area contributed by atoms with Gasteiger partial charge in [-0.2, -0.15) is 0 Å². The van der Waals surface area contributed by atoms with Crippen LogP contribution in [0, 0.1) is 5.92 Å². The summed E-state index contributed by atoms with van der Waals surface area (Å²) in [6.07, 6.45) is 5.98. The number of methoxy groups -OCH3 is 1. The summed E-state index contributed by atoms with van der Waals surface area (Å²) in [5.41, 5.74) is 0.515. The Hall–Kier alpha value is -1.85. The first-order chi connectivity index (χ1) is 10.6. The zero-order valence-electron chi connectivity index (χ0n) is 13.2. The van der Waals surface area contributed by atoms with Gasteiger partial charge in [-0.15, -0.1) is 0 Å². The van der Waals surface area contributed by atoms with E-state index in [-0.39, 0.29) is 24.3 Å². The van der Waals surface area contributed by atoms with Crippen molar-refractivity contribution in [1.82, 2.24) is 14.5 Å². The van der Waals surface area contributed by atoms with Crippen LogP contribution in [0.5, 0.6) is 0 Å². The minimum absolute atomic E-state index is 0.0547. The molecule has 6 heteroatoms. The summed E-state index contributed by atoms with van der Waals surface area (Å²) >= 11 is 0. The third-order valence-electron chi connectivity index (χ3n) is 4.74. The average Bonchev–Trinajstić information content (AvgIpc) is 3.12. The quantitative estimate of drug-likeness (QED) is 0.796. The summed E-state index contributed by atoms with van der Waals surface area (Å²) in [6, 6.07) is -0.0578. The monoisotopic (exact) mass is 305 g/mol. The van der Waals surface area contributed by atoms with E-state index in [9.17, 15) is 9.59 Å². The highest BCUT2D eigenvalue weighted by Crippen LogP contribution is 2.24. The predicted octanol–water partition coefficient (Wildman–Crippen LogP) is 1.63. The number of nitrogens with zero attached hydrogens (tertiary/aromatic N) is 3. The highest BCUT2D eigenvalue weighted by Gasteiger charge is 2.33. The second-order valence-corrected chi connectivity index (χ2v) is 6.41. The molecule has 3 rings (SSSR count). The van der Waals surface area contributed by atoms with Crippen molar-refractivity contribution in [3.8, 4) is 0 Å². The van der Waals surface area contributed by atoms with E-state index in [4.69, 9.17) is 4.74 Å². The Balaban J connectivity index is 1.74. The smallest absolute Gasteiger partial charge is 0.307 e. The van der Waals surface area contributed by atoms with Gasteiger partial charge in [-0.1, -0.05) is 6.92 Å². The molecule has 2 aliphatic rings. The first-order valence-electron chi connectivity index (χ1n) is 8.02. The van der Waals surface area contributed by atoms with Gasteiger partial charge in [-0.05, 0) is 25.2 Å². The van der Waals surface area contributed by atoms with Crippen molar-refractivity contribution >= 4 is 11.9 Å². The zero-order valence-corrected chi connectivity index (χ0v) is 13.2. The minimum atomic E-state index is -0.261. The van der Waals surface area contributed by atoms with E-state index in [1.165, 1.54) is 7.11 Å². The Bertz CT molecular complexity index is 581. The third-order valence-corrected chi connectivity index (χ3v) is 4.74. The van der Waals surface area contributed by atoms with Gasteiger partial charge in [0.1, 0.15) is 11.5 Å². The molecule has 0 aromatic carbocycles. The van der Waals surface area contributed by atoms with Crippen LogP contribution >= 0.6 is 0 Å². The molecule has 3 heterocycles. The zero-order chi connectivity index (χ0) is 15.7. The number of hydrogen-bond donors (Lipinski definition) is 0. The maximum Gasteiger partial charge on any atom is 0.307 e. The molecule has 120 valence electrons. The molecule has 2 aliphatic heterocycles. The molecule has 0 spiro atoms. The molecule has 22 heavy (non-hydrogen) atoms. The number of hydrogen-bond acceptors (Lipinski definition) is 4. The van der Waals surface area contributed by atoms with Gasteiger partial charge >= 0.3 is 5.97 Å². The van der Waals surface area contributed by atoms with Crippen molar-refractivity contribution in [3.05, 3.63) is 17.7 Å². The summed E-state index contributed by atoms with van der Waals surface area (Å²) in [5, 5.41) is 0. The Morgan fingerprint density at radius 3 is 2.95 bits per heavy atom. The highest BCUT2D eigenvalue weighted by molar-refractivity contribution is 5.93. The minimum Gasteiger partial charge on any atom is -0.469 e. The van der Waals surface area contributed by atoms with E-state index in [0.29, 0.717) is 18.2 Å². The van der Waals surface area contributed by atoms with Crippen LogP contribution in [0.3, 0.4) is 0 Å². The molecular weight excluding hydrogens is 282 g/mol. The van der Waals surface area contributed by atoms with Gasteiger partial charge in [0.2, 0.25) is 0 Å². The third kappa shape index (κ3) is 2.87. The standard InChI is InChI=1S/C16H23N3O3/c1-11-5-7-18-10-13(17-14(18)8-11)16(21)19-6-3-4-12(19)9-15(20)22-2/h10-12H,3-9H2,1-2H3. The number of aromatic nitrogens is 2. The number of likely N-dealkylation sites (tertiary alicyclic amines) is 1. The van der Waals surface area contributed by atoms with Crippen molar-refractivity contribution in [1.29, 1.82) is 0 Å². The predicted molar refractivity (Wildman–Crippen MR) is 80.4 cm³/mol. The maximum atomic E-state index is 12.7. The fraction of sp³-hybridized carbons (Fsp3) is 0.688. The number of carbonyl (C=O) groups is 2. The Kier molecular flexibility index (Phi) is 4.18. The highest BCUT2D eigenvalue weighted by atomic mass is 16.5. The van der Waals surface area contributed by atoms with Gasteiger partial charge in [-0.25, -0.2) is 4.98 Å². The first kappa shape index (κ1) is 15.1. The number of amides is 1. The lowest BCUT2D eigenvalue weighted by atomic mass is 10.0. The molecule has 1 saturated heterocycles. The van der Waals surface area contributed by atoms with Gasteiger partial charge in [0.05, 0.1) is 13.5 Å². The fourth-order valence-corrected chi connectivity index (χ4v) is 3.43. The van der Waals surface area contributed by atoms with Gasteiger partial charge < -0.3 is 14.2 Å². The molecule has 6 nitrogen and oxygen atoms in total. The number of aryl methyl sites for hydroxylation is 1. The summed E-state index contributed by atoms with van der Waals surface area (Å²) < 4.78 is 6.82. The lowest BCUT2D eigenvalue weighted by Crippen LogP contribution is -2.37. The molecule has 0 bridgehead atoms. The van der Waals surface area contributed by atoms with E-state index in [1.807, 2.05) is 6.20 Å². The summed E-state index contributed by atoms with van der Waals surface area (Å²) in [7, 11) is 1.38. The van der Waals surface area contributed by atoms with Gasteiger partial charge in [0, 0.05) is 31.7 Å². The van der Waals surface area contributed by atoms with Gasteiger partial charge in [-0.3, -0.25) is 9.59 Å². The fourth-order valence-electron chi connectivity index (χ4n) is 3.43. The molecule has 0 radical (unpaired) electrons. The molecule has 1 amide bonds. The molecule has 1 aromatic heterocycles. The average molecular weight is 305 g/mol. The van der Waals surface area contributed by atoms with Crippen LogP contribution in [-0.2, 0) is 22.5 Å². The largest absolute Gasteiger partial charge is 0.469 e. The van der Waals surface area contributed by atoms with Crippen molar-refractivity contribution < 1.29 is 14.3 Å².